The monoisotopic (exact) mass is 602 g/mol. The van der Waals surface area contributed by atoms with Gasteiger partial charge in [0.05, 0.1) is 5.69 Å². The first-order valence-electron chi connectivity index (χ1n) is 14.5. The molecule has 1 atom stereocenters. The molecule has 1 unspecified atom stereocenters. The summed E-state index contributed by atoms with van der Waals surface area (Å²) >= 11 is 0. The summed E-state index contributed by atoms with van der Waals surface area (Å²) in [4.78, 5) is 1.78. The molecular formula is C39H30F4N2. The maximum absolute atomic E-state index is 16.0. The summed E-state index contributed by atoms with van der Waals surface area (Å²) < 4.78 is 59.0. The van der Waals surface area contributed by atoms with E-state index in [4.69, 9.17) is 0 Å². The highest BCUT2D eigenvalue weighted by molar-refractivity contribution is 5.79. The Bertz CT molecular complexity index is 1890. The van der Waals surface area contributed by atoms with Crippen molar-refractivity contribution in [3.8, 4) is 11.1 Å². The van der Waals surface area contributed by atoms with Crippen molar-refractivity contribution in [2.75, 3.05) is 10.2 Å². The Balaban J connectivity index is 1.22. The van der Waals surface area contributed by atoms with Crippen molar-refractivity contribution >= 4 is 28.8 Å². The molecule has 0 bridgehead atoms. The highest BCUT2D eigenvalue weighted by atomic mass is 19.2. The van der Waals surface area contributed by atoms with Gasteiger partial charge in [0, 0.05) is 35.2 Å². The lowest BCUT2D eigenvalue weighted by Crippen LogP contribution is -2.24. The van der Waals surface area contributed by atoms with Crippen molar-refractivity contribution in [3.05, 3.63) is 174 Å². The number of alkyl halides is 1. The molecule has 1 aliphatic rings. The molecule has 0 saturated carbocycles. The van der Waals surface area contributed by atoms with Gasteiger partial charge in [-0.25, -0.2) is 17.6 Å². The highest BCUT2D eigenvalue weighted by Gasteiger charge is 2.35. The van der Waals surface area contributed by atoms with E-state index in [1.807, 2.05) is 91.9 Å². The van der Waals surface area contributed by atoms with Crippen LogP contribution in [0.5, 0.6) is 0 Å². The van der Waals surface area contributed by atoms with Crippen molar-refractivity contribution in [1.82, 2.24) is 0 Å². The summed E-state index contributed by atoms with van der Waals surface area (Å²) in [7, 11) is 0. The second-order valence-corrected chi connectivity index (χ2v) is 11.1. The number of hydrogen-bond donors (Lipinski definition) is 1. The predicted octanol–water partition coefficient (Wildman–Crippen LogP) is 11.5. The molecule has 1 aliphatic carbocycles. The Morgan fingerprint density at radius 2 is 1.31 bits per heavy atom. The highest BCUT2D eigenvalue weighted by Crippen LogP contribution is 2.41. The molecule has 2 nitrogen and oxygen atoms in total. The molecule has 0 spiro atoms. The summed E-state index contributed by atoms with van der Waals surface area (Å²) in [6.07, 6.45) is 4.07. The Morgan fingerprint density at radius 1 is 0.733 bits per heavy atom. The normalized spacial score (nSPS) is 16.0. The Hall–Kier alpha value is -5.36. The van der Waals surface area contributed by atoms with Gasteiger partial charge in [0.25, 0.3) is 0 Å². The zero-order chi connectivity index (χ0) is 31.6. The van der Waals surface area contributed by atoms with Crippen LogP contribution in [0.15, 0.2) is 146 Å². The molecule has 0 heterocycles. The molecule has 0 radical (unpaired) electrons. The summed E-state index contributed by atoms with van der Waals surface area (Å²) in [5.41, 5.74) is 4.97. The lowest BCUT2D eigenvalue weighted by Gasteiger charge is -2.28. The van der Waals surface area contributed by atoms with Crippen molar-refractivity contribution in [2.45, 2.75) is 19.0 Å². The molecule has 5 aromatic carbocycles. The molecule has 0 fully saturated rings. The summed E-state index contributed by atoms with van der Waals surface area (Å²) in [6, 6.07) is 33.3. The molecule has 224 valence electrons. The third-order valence-corrected chi connectivity index (χ3v) is 7.86. The largest absolute Gasteiger partial charge is 0.359 e. The van der Waals surface area contributed by atoms with Gasteiger partial charge in [-0.05, 0) is 95.4 Å². The second-order valence-electron chi connectivity index (χ2n) is 11.1. The number of halogens is 4. The molecule has 45 heavy (non-hydrogen) atoms. The lowest BCUT2D eigenvalue weighted by atomic mass is 9.85. The van der Waals surface area contributed by atoms with Gasteiger partial charge in [-0.3, -0.25) is 0 Å². The average molecular weight is 603 g/mol. The molecular weight excluding hydrogens is 572 g/mol. The van der Waals surface area contributed by atoms with Crippen LogP contribution in [-0.4, -0.2) is 0 Å². The molecule has 1 N–H and O–H groups in total. The number of anilines is 4. The van der Waals surface area contributed by atoms with E-state index in [2.05, 4.69) is 11.9 Å². The van der Waals surface area contributed by atoms with Gasteiger partial charge < -0.3 is 10.2 Å². The van der Waals surface area contributed by atoms with E-state index in [9.17, 15) is 13.2 Å². The summed E-state index contributed by atoms with van der Waals surface area (Å²) in [6.45, 7) is 5.61. The summed E-state index contributed by atoms with van der Waals surface area (Å²) in [5.74, 6) is -1.96. The molecule has 0 aromatic heterocycles. The fourth-order valence-electron chi connectivity index (χ4n) is 5.71. The van der Waals surface area contributed by atoms with Crippen molar-refractivity contribution in [3.63, 3.8) is 0 Å². The quantitative estimate of drug-likeness (QED) is 0.178. The van der Waals surface area contributed by atoms with Crippen molar-refractivity contribution in [2.24, 2.45) is 0 Å². The van der Waals surface area contributed by atoms with Crippen LogP contribution in [0.2, 0.25) is 0 Å². The maximum Gasteiger partial charge on any atom is 0.162 e. The molecule has 6 rings (SSSR count). The van der Waals surface area contributed by atoms with Crippen LogP contribution in [-0.2, 0) is 5.67 Å². The van der Waals surface area contributed by atoms with Crippen LogP contribution in [0.25, 0.3) is 17.2 Å². The molecule has 0 saturated heterocycles. The van der Waals surface area contributed by atoms with Gasteiger partial charge in [-0.1, -0.05) is 73.3 Å². The standard InChI is InChI=1S/C39H30F4N2/c1-3-27-8-16-35(17-9-27)45(37-22-30(40)20-31(41)23-37)36-18-12-29(13-19-36)28-10-14-33(15-11-28)44-34-21-32(42)24-39(43,25-34)38-7-5-4-6-26(38)2/h3-24,44H,1,25H2,2H3. The average Bonchev–Trinajstić information content (AvgIpc) is 3.01. The van der Waals surface area contributed by atoms with Crippen LogP contribution in [0, 0.1) is 18.6 Å². The van der Waals surface area contributed by atoms with Crippen LogP contribution in [0.4, 0.5) is 40.3 Å². The van der Waals surface area contributed by atoms with E-state index in [1.165, 1.54) is 18.2 Å². The van der Waals surface area contributed by atoms with Gasteiger partial charge in [-0.2, -0.15) is 0 Å². The van der Waals surface area contributed by atoms with Crippen LogP contribution < -0.4 is 10.2 Å². The first-order chi connectivity index (χ1) is 21.7. The molecule has 6 heteroatoms. The molecule has 0 amide bonds. The van der Waals surface area contributed by atoms with Crippen LogP contribution in [0.1, 0.15) is 23.1 Å². The number of rotatable bonds is 8. The zero-order valence-electron chi connectivity index (χ0n) is 24.6. The van der Waals surface area contributed by atoms with E-state index < -0.39 is 23.1 Å². The van der Waals surface area contributed by atoms with Crippen LogP contribution >= 0.6 is 0 Å². The zero-order valence-corrected chi connectivity index (χ0v) is 24.6. The topological polar surface area (TPSA) is 15.3 Å². The molecule has 0 aliphatic heterocycles. The van der Waals surface area contributed by atoms with E-state index in [0.717, 1.165) is 45.8 Å². The third-order valence-electron chi connectivity index (χ3n) is 7.86. The van der Waals surface area contributed by atoms with E-state index in [1.54, 1.807) is 23.1 Å². The van der Waals surface area contributed by atoms with Crippen molar-refractivity contribution < 1.29 is 17.6 Å². The number of nitrogens with one attached hydrogen (secondary N) is 1. The van der Waals surface area contributed by atoms with Crippen molar-refractivity contribution in [1.29, 1.82) is 0 Å². The number of hydrogen-bond acceptors (Lipinski definition) is 2. The summed E-state index contributed by atoms with van der Waals surface area (Å²) in [5, 5.41) is 3.18. The van der Waals surface area contributed by atoms with Gasteiger partial charge in [0.15, 0.2) is 5.67 Å². The number of benzene rings is 5. The number of allylic oxidation sites excluding steroid dienone is 4. The minimum atomic E-state index is -1.95. The minimum absolute atomic E-state index is 0.0173. The Labute approximate surface area is 260 Å². The maximum atomic E-state index is 16.0. The lowest BCUT2D eigenvalue weighted by molar-refractivity contribution is 0.224. The SMILES string of the molecule is C=Cc1ccc(N(c2ccc(-c3ccc(NC4=CC(F)=CC(F)(c5ccccc5C)C4)cc3)cc2)c2cc(F)cc(F)c2)cc1. The first kappa shape index (κ1) is 29.7. The van der Waals surface area contributed by atoms with E-state index >= 15 is 4.39 Å². The van der Waals surface area contributed by atoms with Gasteiger partial charge in [-0.15, -0.1) is 0 Å². The second kappa shape index (κ2) is 12.3. The van der Waals surface area contributed by atoms with Crippen LogP contribution in [0.3, 0.4) is 0 Å². The molecule has 5 aromatic rings. The van der Waals surface area contributed by atoms with Gasteiger partial charge in [0.1, 0.15) is 17.5 Å². The van der Waals surface area contributed by atoms with E-state index in [-0.39, 0.29) is 6.42 Å². The minimum Gasteiger partial charge on any atom is -0.359 e. The fraction of sp³-hybridized carbons (Fsp3) is 0.0769. The fourth-order valence-corrected chi connectivity index (χ4v) is 5.71. The Morgan fingerprint density at radius 3 is 1.91 bits per heavy atom. The van der Waals surface area contributed by atoms with E-state index in [0.29, 0.717) is 22.6 Å². The first-order valence-corrected chi connectivity index (χ1v) is 14.5. The predicted molar refractivity (Wildman–Crippen MR) is 176 cm³/mol. The number of aryl methyl sites for hydroxylation is 1. The Kier molecular flexibility index (Phi) is 8.14. The van der Waals surface area contributed by atoms with Gasteiger partial charge >= 0.3 is 0 Å². The smallest absolute Gasteiger partial charge is 0.162 e. The number of nitrogens with zero attached hydrogens (tertiary/aromatic N) is 1. The third kappa shape index (κ3) is 6.46. The van der Waals surface area contributed by atoms with Gasteiger partial charge in [0.2, 0.25) is 0 Å².